The van der Waals surface area contributed by atoms with Crippen molar-refractivity contribution >= 4 is 54.5 Å². The van der Waals surface area contributed by atoms with E-state index in [9.17, 15) is 26.4 Å². The molecule has 0 spiro atoms. The van der Waals surface area contributed by atoms with Crippen LogP contribution in [0.25, 0.3) is 22.5 Å². The number of carbonyl (C=O) groups excluding carboxylic acids is 2. The van der Waals surface area contributed by atoms with E-state index in [0.717, 1.165) is 32.5 Å². The van der Waals surface area contributed by atoms with Crippen LogP contribution in [-0.2, 0) is 29.6 Å². The van der Waals surface area contributed by atoms with Crippen LogP contribution in [0.15, 0.2) is 71.4 Å². The zero-order valence-corrected chi connectivity index (χ0v) is 35.8. The maximum atomic E-state index is 14.0. The summed E-state index contributed by atoms with van der Waals surface area (Å²) in [5.41, 5.74) is 16.7. The second kappa shape index (κ2) is 16.4. The van der Waals surface area contributed by atoms with Crippen molar-refractivity contribution in [1.29, 1.82) is 0 Å². The predicted octanol–water partition coefficient (Wildman–Crippen LogP) is 3.51. The molecule has 4 fully saturated rings. The van der Waals surface area contributed by atoms with E-state index in [-0.39, 0.29) is 60.9 Å². The molecule has 8 rings (SSSR count). The molecule has 8 atom stereocenters. The lowest BCUT2D eigenvalue weighted by molar-refractivity contribution is -0.134. The number of hydrogen-bond acceptors (Lipinski definition) is 12. The lowest BCUT2D eigenvalue weighted by Crippen LogP contribution is -2.49. The van der Waals surface area contributed by atoms with E-state index in [0.29, 0.717) is 51.6 Å². The van der Waals surface area contributed by atoms with Gasteiger partial charge in [0, 0.05) is 72.0 Å². The van der Waals surface area contributed by atoms with Gasteiger partial charge in [-0.3, -0.25) is 9.59 Å². The standard InChI is InChI=1S/C40H50N8O6S4/c1-57(51,52)47-21-27(37-43-31(23-55-37)25-11-5-3-6-12-25)35-33(47)17-19-45(35)39(49)29(41)15-9-10-16-30(42)40(50)46-20-18-34-36(46)28(22-48(34)58(2,53)54)38-44-32(24-56-38)26-13-7-4-8-14-26/h3-8,11-14,23-24,27-30,33-36H,9-10,15-22,41-42H2,1-2H3/t27-,28-,29?,30?,33+,34+,35+,36+/m0/s1. The van der Waals surface area contributed by atoms with Gasteiger partial charge in [-0.2, -0.15) is 8.61 Å². The molecule has 4 aliphatic rings. The first-order valence-corrected chi connectivity index (χ1v) is 25.2. The molecule has 0 aliphatic carbocycles. The van der Waals surface area contributed by atoms with Crippen molar-refractivity contribution in [2.45, 2.75) is 86.6 Å². The summed E-state index contributed by atoms with van der Waals surface area (Å²) in [5, 5.41) is 5.55. The number of unbranched alkanes of at least 4 members (excludes halogenated alkanes) is 1. The molecule has 0 bridgehead atoms. The Kier molecular flexibility index (Phi) is 11.7. The Bertz CT molecular complexity index is 2180. The van der Waals surface area contributed by atoms with E-state index in [2.05, 4.69) is 0 Å². The second-order valence-electron chi connectivity index (χ2n) is 16.0. The number of nitrogens with zero attached hydrogens (tertiary/aromatic N) is 6. The molecule has 0 saturated carbocycles. The Hall–Kier alpha value is -3.62. The number of carbonyl (C=O) groups is 2. The molecule has 2 unspecified atom stereocenters. The SMILES string of the molecule is CS(=O)(=O)N1C[C@H](c2nc(-c3ccccc3)cs2)[C@@H]2[C@H]1CCN2C(=O)C(N)CCCCC(N)C(=O)N1CC[C@@H]2[C@H]1[C@@H](c1nc(-c3ccccc3)cs1)CN2S(C)(=O)=O. The maximum absolute atomic E-state index is 14.0. The summed E-state index contributed by atoms with van der Waals surface area (Å²) in [5.74, 6) is -0.978. The Morgan fingerprint density at radius 2 is 1.05 bits per heavy atom. The minimum Gasteiger partial charge on any atom is -0.336 e. The number of hydrogen-bond donors (Lipinski definition) is 2. The van der Waals surface area contributed by atoms with Gasteiger partial charge in [-0.05, 0) is 25.7 Å². The van der Waals surface area contributed by atoms with E-state index in [1.165, 1.54) is 43.8 Å². The lowest BCUT2D eigenvalue weighted by Gasteiger charge is -2.30. The predicted molar refractivity (Wildman–Crippen MR) is 226 cm³/mol. The first kappa shape index (κ1) is 41.1. The van der Waals surface area contributed by atoms with Crippen molar-refractivity contribution in [2.24, 2.45) is 11.5 Å². The largest absolute Gasteiger partial charge is 0.336 e. The highest BCUT2D eigenvalue weighted by molar-refractivity contribution is 7.88. The fourth-order valence-electron chi connectivity index (χ4n) is 9.60. The van der Waals surface area contributed by atoms with Gasteiger partial charge in [-0.15, -0.1) is 22.7 Å². The summed E-state index contributed by atoms with van der Waals surface area (Å²) in [7, 11) is -7.05. The van der Waals surface area contributed by atoms with Crippen molar-refractivity contribution < 1.29 is 26.4 Å². The topological polar surface area (TPSA) is 193 Å². The molecule has 2 aromatic carbocycles. The number of benzene rings is 2. The molecule has 18 heteroatoms. The van der Waals surface area contributed by atoms with E-state index >= 15 is 0 Å². The molecule has 310 valence electrons. The molecule has 6 heterocycles. The summed E-state index contributed by atoms with van der Waals surface area (Å²) in [4.78, 5) is 41.3. The number of thiazole rings is 2. The van der Waals surface area contributed by atoms with Gasteiger partial charge in [0.15, 0.2) is 0 Å². The highest BCUT2D eigenvalue weighted by atomic mass is 32.2. The molecule has 4 aromatic rings. The highest BCUT2D eigenvalue weighted by Gasteiger charge is 2.56. The fraction of sp³-hybridized carbons (Fsp3) is 0.500. The zero-order chi connectivity index (χ0) is 40.9. The van der Waals surface area contributed by atoms with Gasteiger partial charge in [0.1, 0.15) is 0 Å². The molecule has 2 aromatic heterocycles. The number of rotatable bonds is 13. The van der Waals surface area contributed by atoms with E-state index in [1.807, 2.05) is 71.4 Å². The molecule has 0 radical (unpaired) electrons. The Labute approximate surface area is 348 Å². The minimum absolute atomic E-state index is 0.212. The quantitative estimate of drug-likeness (QED) is 0.188. The van der Waals surface area contributed by atoms with Crippen LogP contribution in [0.1, 0.15) is 60.4 Å². The van der Waals surface area contributed by atoms with Gasteiger partial charge in [0.2, 0.25) is 31.9 Å². The van der Waals surface area contributed by atoms with E-state index < -0.39 is 32.1 Å². The molecule has 2 amide bonds. The third kappa shape index (κ3) is 8.01. The van der Waals surface area contributed by atoms with E-state index in [4.69, 9.17) is 21.4 Å². The fourth-order valence-corrected chi connectivity index (χ4v) is 13.8. The van der Waals surface area contributed by atoms with Gasteiger partial charge in [0.05, 0.1) is 58.1 Å². The number of likely N-dealkylation sites (tertiary alicyclic amines) is 2. The van der Waals surface area contributed by atoms with Gasteiger partial charge in [-0.1, -0.05) is 73.5 Å². The summed E-state index contributed by atoms with van der Waals surface area (Å²) in [6.07, 6.45) is 5.40. The maximum Gasteiger partial charge on any atom is 0.239 e. The normalized spacial score (nSPS) is 26.2. The van der Waals surface area contributed by atoms with Crippen LogP contribution in [0.4, 0.5) is 0 Å². The number of nitrogens with two attached hydrogens (primary N) is 2. The molecule has 4 saturated heterocycles. The van der Waals surface area contributed by atoms with Crippen LogP contribution < -0.4 is 11.5 Å². The molecule has 58 heavy (non-hydrogen) atoms. The lowest BCUT2D eigenvalue weighted by atomic mass is 9.98. The third-order valence-corrected chi connectivity index (χ3v) is 16.8. The monoisotopic (exact) mass is 866 g/mol. The minimum atomic E-state index is -3.53. The molecule has 4 N–H and O–H groups in total. The van der Waals surface area contributed by atoms with Crippen LogP contribution in [0.5, 0.6) is 0 Å². The summed E-state index contributed by atoms with van der Waals surface area (Å²) in [6.45, 7) is 1.33. The first-order valence-electron chi connectivity index (χ1n) is 19.8. The summed E-state index contributed by atoms with van der Waals surface area (Å²) in [6, 6.07) is 16.6. The third-order valence-electron chi connectivity index (χ3n) is 12.3. The van der Waals surface area contributed by atoms with Crippen LogP contribution in [0.3, 0.4) is 0 Å². The Morgan fingerprint density at radius 3 is 1.41 bits per heavy atom. The van der Waals surface area contributed by atoms with Gasteiger partial charge in [-0.25, -0.2) is 26.8 Å². The zero-order valence-electron chi connectivity index (χ0n) is 32.5. The smallest absolute Gasteiger partial charge is 0.239 e. The molecular formula is C40H50N8O6S4. The molecule has 4 aliphatic heterocycles. The number of fused-ring (bicyclic) bond motifs is 2. The summed E-state index contributed by atoms with van der Waals surface area (Å²) < 4.78 is 54.7. The van der Waals surface area contributed by atoms with Crippen molar-refractivity contribution in [3.05, 3.63) is 81.4 Å². The Morgan fingerprint density at radius 1 is 0.672 bits per heavy atom. The summed E-state index contributed by atoms with van der Waals surface area (Å²) >= 11 is 2.97. The Balaban J connectivity index is 0.892. The van der Waals surface area contributed by atoms with Crippen LogP contribution in [0.2, 0.25) is 0 Å². The number of amides is 2. The van der Waals surface area contributed by atoms with Crippen molar-refractivity contribution in [3.63, 3.8) is 0 Å². The van der Waals surface area contributed by atoms with Crippen LogP contribution in [0, 0.1) is 0 Å². The van der Waals surface area contributed by atoms with Gasteiger partial charge in [0.25, 0.3) is 0 Å². The average molecular weight is 867 g/mol. The number of aromatic nitrogens is 2. The van der Waals surface area contributed by atoms with E-state index in [1.54, 1.807) is 9.80 Å². The van der Waals surface area contributed by atoms with Gasteiger partial charge < -0.3 is 21.3 Å². The average Bonchev–Trinajstić information content (AvgIpc) is 4.05. The molecular weight excluding hydrogens is 817 g/mol. The molecule has 14 nitrogen and oxygen atoms in total. The van der Waals surface area contributed by atoms with Crippen molar-refractivity contribution in [1.82, 2.24) is 28.4 Å². The van der Waals surface area contributed by atoms with Crippen molar-refractivity contribution in [2.75, 3.05) is 38.7 Å². The van der Waals surface area contributed by atoms with Crippen molar-refractivity contribution in [3.8, 4) is 22.5 Å². The van der Waals surface area contributed by atoms with Crippen LogP contribution >= 0.6 is 22.7 Å². The second-order valence-corrected chi connectivity index (χ2v) is 21.7. The van der Waals surface area contributed by atoms with Gasteiger partial charge >= 0.3 is 0 Å². The number of sulfonamides is 2. The highest BCUT2D eigenvalue weighted by Crippen LogP contribution is 2.45. The first-order chi connectivity index (χ1) is 27.7. The van der Waals surface area contributed by atoms with Crippen LogP contribution in [-0.4, -0.2) is 132 Å².